The van der Waals surface area contributed by atoms with Crippen molar-refractivity contribution in [2.24, 2.45) is 16.8 Å². The predicted octanol–water partition coefficient (Wildman–Crippen LogP) is 0.0912. The highest BCUT2D eigenvalue weighted by molar-refractivity contribution is 5.79. The summed E-state index contributed by atoms with van der Waals surface area (Å²) in [5.74, 6) is 0.951. The van der Waals surface area contributed by atoms with Gasteiger partial charge in [0.1, 0.15) is 5.84 Å². The number of oxime groups is 1. The summed E-state index contributed by atoms with van der Waals surface area (Å²) in [7, 11) is 1.74. The molecule has 0 bridgehead atoms. The number of methoxy groups -OCH3 is 1. The molecule has 5 nitrogen and oxygen atoms in total. The van der Waals surface area contributed by atoms with Crippen molar-refractivity contribution in [3.8, 4) is 0 Å². The molecule has 1 heterocycles. The van der Waals surface area contributed by atoms with Crippen molar-refractivity contribution < 1.29 is 9.94 Å². The average Bonchev–Trinajstić information content (AvgIpc) is 2.63. The van der Waals surface area contributed by atoms with Gasteiger partial charge < -0.3 is 20.6 Å². The zero-order chi connectivity index (χ0) is 10.4. The van der Waals surface area contributed by atoms with Crippen LogP contribution in [0.2, 0.25) is 0 Å². The van der Waals surface area contributed by atoms with E-state index in [4.69, 9.17) is 15.7 Å². The second kappa shape index (κ2) is 5.82. The van der Waals surface area contributed by atoms with E-state index in [-0.39, 0.29) is 0 Å². The van der Waals surface area contributed by atoms with E-state index in [1.165, 1.54) is 6.42 Å². The summed E-state index contributed by atoms with van der Waals surface area (Å²) in [6, 6.07) is 0. The Morgan fingerprint density at radius 3 is 3.14 bits per heavy atom. The summed E-state index contributed by atoms with van der Waals surface area (Å²) in [5.41, 5.74) is 5.39. The number of hydrogen-bond donors (Lipinski definition) is 2. The smallest absolute Gasteiger partial charge is 0.140 e. The van der Waals surface area contributed by atoms with Crippen LogP contribution < -0.4 is 5.73 Å². The zero-order valence-electron chi connectivity index (χ0n) is 8.65. The molecule has 0 radical (unpaired) electrons. The molecule has 1 aliphatic rings. The largest absolute Gasteiger partial charge is 0.409 e. The quantitative estimate of drug-likeness (QED) is 0.286. The fourth-order valence-corrected chi connectivity index (χ4v) is 1.81. The third kappa shape index (κ3) is 3.51. The number of nitrogens with two attached hydrogens (primary N) is 1. The van der Waals surface area contributed by atoms with Gasteiger partial charge in [0.25, 0.3) is 0 Å². The highest BCUT2D eigenvalue weighted by Gasteiger charge is 2.21. The van der Waals surface area contributed by atoms with E-state index in [0.717, 1.165) is 26.2 Å². The first-order valence-electron chi connectivity index (χ1n) is 4.94. The Labute approximate surface area is 84.5 Å². The molecule has 1 atom stereocenters. The van der Waals surface area contributed by atoms with Crippen LogP contribution in [0, 0.1) is 5.92 Å². The van der Waals surface area contributed by atoms with Crippen LogP contribution in [0.4, 0.5) is 0 Å². The molecule has 5 heteroatoms. The molecule has 1 rings (SSSR count). The van der Waals surface area contributed by atoms with Gasteiger partial charge in [-0.1, -0.05) is 5.16 Å². The minimum absolute atomic E-state index is 0.306. The molecule has 0 aromatic rings. The van der Waals surface area contributed by atoms with Crippen LogP contribution in [0.3, 0.4) is 0 Å². The molecule has 1 unspecified atom stereocenters. The molecule has 3 N–H and O–H groups in total. The molecule has 0 aromatic carbocycles. The van der Waals surface area contributed by atoms with Crippen molar-refractivity contribution in [2.75, 3.05) is 33.4 Å². The van der Waals surface area contributed by atoms with Gasteiger partial charge in [-0.15, -0.1) is 0 Å². The number of rotatable bonds is 5. The van der Waals surface area contributed by atoms with Crippen LogP contribution in [0.25, 0.3) is 0 Å². The van der Waals surface area contributed by atoms with Crippen LogP contribution in [-0.4, -0.2) is 49.3 Å². The Bertz CT molecular complexity index is 196. The highest BCUT2D eigenvalue weighted by atomic mass is 16.5. The maximum Gasteiger partial charge on any atom is 0.140 e. The fourth-order valence-electron chi connectivity index (χ4n) is 1.81. The lowest BCUT2D eigenvalue weighted by molar-refractivity contribution is 0.153. The molecule has 0 saturated carbocycles. The average molecular weight is 201 g/mol. The minimum atomic E-state index is 0.306. The molecule has 1 fully saturated rings. The Morgan fingerprint density at radius 2 is 2.50 bits per heavy atom. The minimum Gasteiger partial charge on any atom is -0.409 e. The monoisotopic (exact) mass is 201 g/mol. The first-order valence-corrected chi connectivity index (χ1v) is 4.94. The van der Waals surface area contributed by atoms with Crippen LogP contribution in [0.1, 0.15) is 12.8 Å². The van der Waals surface area contributed by atoms with Crippen LogP contribution in [-0.2, 0) is 4.74 Å². The molecule has 0 aliphatic carbocycles. The maximum absolute atomic E-state index is 8.37. The van der Waals surface area contributed by atoms with Gasteiger partial charge in [-0.2, -0.15) is 0 Å². The van der Waals surface area contributed by atoms with E-state index < -0.39 is 0 Å². The third-order valence-corrected chi connectivity index (χ3v) is 2.58. The van der Waals surface area contributed by atoms with Crippen molar-refractivity contribution in [3.63, 3.8) is 0 Å². The van der Waals surface area contributed by atoms with Crippen molar-refractivity contribution in [1.29, 1.82) is 0 Å². The fraction of sp³-hybridized carbons (Fsp3) is 0.889. The van der Waals surface area contributed by atoms with E-state index in [0.29, 0.717) is 18.2 Å². The van der Waals surface area contributed by atoms with Crippen molar-refractivity contribution in [2.45, 2.75) is 12.8 Å². The second-order valence-corrected chi connectivity index (χ2v) is 3.75. The Hall–Kier alpha value is -0.810. The van der Waals surface area contributed by atoms with Crippen molar-refractivity contribution in [3.05, 3.63) is 0 Å². The predicted molar refractivity (Wildman–Crippen MR) is 54.4 cm³/mol. The van der Waals surface area contributed by atoms with Crippen molar-refractivity contribution in [1.82, 2.24) is 4.90 Å². The SMILES string of the molecule is COCC1CCN(CCC(N)=NO)C1. The van der Waals surface area contributed by atoms with E-state index in [1.807, 2.05) is 0 Å². The number of nitrogens with zero attached hydrogens (tertiary/aromatic N) is 2. The maximum atomic E-state index is 8.37. The summed E-state index contributed by atoms with van der Waals surface area (Å²) in [4.78, 5) is 2.32. The first kappa shape index (κ1) is 11.3. The molecule has 0 aromatic heterocycles. The van der Waals surface area contributed by atoms with Gasteiger partial charge >= 0.3 is 0 Å². The van der Waals surface area contributed by atoms with E-state index in [1.54, 1.807) is 7.11 Å². The van der Waals surface area contributed by atoms with Crippen LogP contribution in [0.5, 0.6) is 0 Å². The van der Waals surface area contributed by atoms with E-state index >= 15 is 0 Å². The molecule has 14 heavy (non-hydrogen) atoms. The number of amidine groups is 1. The van der Waals surface area contributed by atoms with Crippen LogP contribution >= 0.6 is 0 Å². The van der Waals surface area contributed by atoms with Gasteiger partial charge in [-0.05, 0) is 18.9 Å². The Balaban J connectivity index is 2.16. The van der Waals surface area contributed by atoms with E-state index in [9.17, 15) is 0 Å². The Morgan fingerprint density at radius 1 is 1.71 bits per heavy atom. The van der Waals surface area contributed by atoms with Gasteiger partial charge in [0.15, 0.2) is 0 Å². The molecule has 82 valence electrons. The number of ether oxygens (including phenoxy) is 1. The first-order chi connectivity index (χ1) is 6.76. The highest BCUT2D eigenvalue weighted by Crippen LogP contribution is 2.16. The lowest BCUT2D eigenvalue weighted by Gasteiger charge is -2.14. The number of likely N-dealkylation sites (tertiary alicyclic amines) is 1. The number of hydrogen-bond acceptors (Lipinski definition) is 4. The zero-order valence-corrected chi connectivity index (χ0v) is 8.65. The topological polar surface area (TPSA) is 71.1 Å². The third-order valence-electron chi connectivity index (χ3n) is 2.58. The second-order valence-electron chi connectivity index (χ2n) is 3.75. The summed E-state index contributed by atoms with van der Waals surface area (Å²) < 4.78 is 5.11. The normalized spacial score (nSPS) is 24.4. The molecule has 1 saturated heterocycles. The van der Waals surface area contributed by atoms with Gasteiger partial charge in [0.2, 0.25) is 0 Å². The van der Waals surface area contributed by atoms with Gasteiger partial charge in [-0.3, -0.25) is 0 Å². The molecular weight excluding hydrogens is 182 g/mol. The standard InChI is InChI=1S/C9H19N3O2/c1-14-7-8-2-4-12(6-8)5-3-9(10)11-13/h8,13H,2-7H2,1H3,(H2,10,11). The molecule has 1 aliphatic heterocycles. The van der Waals surface area contributed by atoms with Crippen molar-refractivity contribution >= 4 is 5.84 Å². The van der Waals surface area contributed by atoms with E-state index in [2.05, 4.69) is 10.1 Å². The van der Waals surface area contributed by atoms with Gasteiger partial charge in [-0.25, -0.2) is 0 Å². The van der Waals surface area contributed by atoms with Gasteiger partial charge in [0, 0.05) is 26.6 Å². The summed E-state index contributed by atoms with van der Waals surface area (Å²) in [5, 5.41) is 11.3. The molecule has 0 amide bonds. The summed E-state index contributed by atoms with van der Waals surface area (Å²) in [6.45, 7) is 3.86. The molecular formula is C9H19N3O2. The molecule has 0 spiro atoms. The van der Waals surface area contributed by atoms with Crippen LogP contribution in [0.15, 0.2) is 5.16 Å². The summed E-state index contributed by atoms with van der Waals surface area (Å²) >= 11 is 0. The lowest BCUT2D eigenvalue weighted by atomic mass is 10.1. The van der Waals surface area contributed by atoms with Gasteiger partial charge in [0.05, 0.1) is 6.61 Å². The lowest BCUT2D eigenvalue weighted by Crippen LogP contribution is -2.26. The Kier molecular flexibility index (Phi) is 4.69. The summed E-state index contributed by atoms with van der Waals surface area (Å²) in [6.07, 6.45) is 1.82.